The Kier molecular flexibility index (Phi) is 12.5. The number of esters is 2. The average Bonchev–Trinajstić information content (AvgIpc) is 3.30. The smallest absolute Gasteiger partial charge is 0.305 e. The van der Waals surface area contributed by atoms with E-state index in [0.29, 0.717) is 23.7 Å². The van der Waals surface area contributed by atoms with Gasteiger partial charge in [-0.1, -0.05) is 72.1 Å². The van der Waals surface area contributed by atoms with Crippen molar-refractivity contribution in [3.05, 3.63) is 0 Å². The van der Waals surface area contributed by atoms with Gasteiger partial charge in [-0.15, -0.1) is 0 Å². The summed E-state index contributed by atoms with van der Waals surface area (Å²) >= 11 is 0. The highest BCUT2D eigenvalue weighted by molar-refractivity contribution is 5.69. The van der Waals surface area contributed by atoms with Crippen molar-refractivity contribution in [1.29, 1.82) is 0 Å². The molecular weight excluding hydrogens is 512 g/mol. The van der Waals surface area contributed by atoms with Crippen LogP contribution in [0.25, 0.3) is 0 Å². The van der Waals surface area contributed by atoms with E-state index in [-0.39, 0.29) is 25.2 Å². The number of hydrogen-bond donors (Lipinski definition) is 1. The fourth-order valence-corrected chi connectivity index (χ4v) is 10.2. The number of carbonyl (C=O) groups excluding carboxylic acids is 2. The molecule has 0 spiro atoms. The molecule has 5 nitrogen and oxygen atoms in total. The molecule has 4 rings (SSSR count). The molecule has 0 aliphatic heterocycles. The third-order valence-corrected chi connectivity index (χ3v) is 12.6. The van der Waals surface area contributed by atoms with E-state index >= 15 is 0 Å². The SMILES string of the molecule is CCCCCCCCCC(=O)OCC(O)COC(=O)CCC[C@H]1CCC2C3CCC4CCCCC4(C)C3CCC21C. The zero-order valence-corrected chi connectivity index (χ0v) is 26.8. The third kappa shape index (κ3) is 8.30. The summed E-state index contributed by atoms with van der Waals surface area (Å²) in [5.41, 5.74) is 1.04. The molecule has 0 radical (unpaired) electrons. The molecule has 1 N–H and O–H groups in total. The van der Waals surface area contributed by atoms with Gasteiger partial charge in [0.2, 0.25) is 0 Å². The Morgan fingerprint density at radius 3 is 2.12 bits per heavy atom. The molecule has 8 atom stereocenters. The van der Waals surface area contributed by atoms with Crippen molar-refractivity contribution in [1.82, 2.24) is 0 Å². The van der Waals surface area contributed by atoms with Gasteiger partial charge in [-0.05, 0) is 111 Å². The molecular formula is C36H62O5. The van der Waals surface area contributed by atoms with Crippen molar-refractivity contribution < 1.29 is 24.2 Å². The second-order valence-corrected chi connectivity index (χ2v) is 15.0. The third-order valence-electron chi connectivity index (χ3n) is 12.6. The Morgan fingerprint density at radius 2 is 1.39 bits per heavy atom. The van der Waals surface area contributed by atoms with E-state index in [0.717, 1.165) is 61.7 Å². The molecule has 4 aliphatic carbocycles. The van der Waals surface area contributed by atoms with E-state index in [4.69, 9.17) is 9.47 Å². The highest BCUT2D eigenvalue weighted by Gasteiger charge is 2.59. The zero-order chi connectivity index (χ0) is 29.3. The molecule has 0 aromatic heterocycles. The number of ether oxygens (including phenoxy) is 2. The number of rotatable bonds is 16. The number of carbonyl (C=O) groups is 2. The summed E-state index contributed by atoms with van der Waals surface area (Å²) < 4.78 is 10.5. The van der Waals surface area contributed by atoms with Crippen LogP contribution in [0.3, 0.4) is 0 Å². The molecule has 7 unspecified atom stereocenters. The van der Waals surface area contributed by atoms with Gasteiger partial charge < -0.3 is 14.6 Å². The van der Waals surface area contributed by atoms with Gasteiger partial charge in [0.25, 0.3) is 0 Å². The second kappa shape index (κ2) is 15.6. The van der Waals surface area contributed by atoms with Crippen molar-refractivity contribution in [2.75, 3.05) is 13.2 Å². The maximum absolute atomic E-state index is 12.4. The minimum atomic E-state index is -0.956. The van der Waals surface area contributed by atoms with E-state index in [9.17, 15) is 14.7 Å². The first-order chi connectivity index (χ1) is 19.8. The van der Waals surface area contributed by atoms with Crippen LogP contribution in [0.15, 0.2) is 0 Å². The number of aliphatic hydroxyl groups is 1. The maximum atomic E-state index is 12.4. The maximum Gasteiger partial charge on any atom is 0.305 e. The summed E-state index contributed by atoms with van der Waals surface area (Å²) in [4.78, 5) is 24.3. The minimum Gasteiger partial charge on any atom is -0.463 e. The van der Waals surface area contributed by atoms with Gasteiger partial charge in [0.05, 0.1) is 0 Å². The van der Waals surface area contributed by atoms with E-state index in [2.05, 4.69) is 20.8 Å². The van der Waals surface area contributed by atoms with E-state index < -0.39 is 6.10 Å². The number of hydrogen-bond acceptors (Lipinski definition) is 5. The average molecular weight is 575 g/mol. The predicted octanol–water partition coefficient (Wildman–Crippen LogP) is 8.79. The molecule has 4 fully saturated rings. The van der Waals surface area contributed by atoms with E-state index in [1.54, 1.807) is 0 Å². The van der Waals surface area contributed by atoms with Gasteiger partial charge in [-0.2, -0.15) is 0 Å². The molecule has 0 heterocycles. The van der Waals surface area contributed by atoms with Crippen LogP contribution in [0.1, 0.15) is 156 Å². The summed E-state index contributed by atoms with van der Waals surface area (Å²) in [6.45, 7) is 7.25. The topological polar surface area (TPSA) is 72.8 Å². The second-order valence-electron chi connectivity index (χ2n) is 15.0. The van der Waals surface area contributed by atoms with Crippen molar-refractivity contribution in [3.63, 3.8) is 0 Å². The van der Waals surface area contributed by atoms with E-state index in [1.807, 2.05) is 0 Å². The molecule has 4 aliphatic rings. The molecule has 236 valence electrons. The van der Waals surface area contributed by atoms with Crippen LogP contribution in [-0.2, 0) is 19.1 Å². The monoisotopic (exact) mass is 574 g/mol. The van der Waals surface area contributed by atoms with Crippen LogP contribution in [0.5, 0.6) is 0 Å². The number of aliphatic hydroxyl groups excluding tert-OH is 1. The molecule has 0 aromatic rings. The fourth-order valence-electron chi connectivity index (χ4n) is 10.2. The van der Waals surface area contributed by atoms with Crippen LogP contribution in [0.4, 0.5) is 0 Å². The summed E-state index contributed by atoms with van der Waals surface area (Å²) in [5, 5.41) is 10.1. The fraction of sp³-hybridized carbons (Fsp3) is 0.944. The standard InChI is InChI=1S/C36H62O5/c1-4-5-6-7-8-9-10-16-33(38)40-25-29(37)26-41-34(39)17-13-15-28-19-21-31-30-20-18-27-14-11-12-23-35(27,2)32(30)22-24-36(28,31)3/h27-32,37H,4-26H2,1-3H3/t27?,28-,29?,30?,31?,32?,35?,36?/m0/s1. The highest BCUT2D eigenvalue weighted by atomic mass is 16.6. The summed E-state index contributed by atoms with van der Waals surface area (Å²) in [6.07, 6.45) is 24.1. The lowest BCUT2D eigenvalue weighted by molar-refractivity contribution is -0.152. The van der Waals surface area contributed by atoms with Gasteiger partial charge in [-0.25, -0.2) is 0 Å². The van der Waals surface area contributed by atoms with Crippen molar-refractivity contribution >= 4 is 11.9 Å². The number of fused-ring (bicyclic) bond motifs is 5. The van der Waals surface area contributed by atoms with Crippen LogP contribution in [-0.4, -0.2) is 36.4 Å². The molecule has 0 bridgehead atoms. The highest BCUT2D eigenvalue weighted by Crippen LogP contribution is 2.67. The van der Waals surface area contributed by atoms with Crippen molar-refractivity contribution in [3.8, 4) is 0 Å². The molecule has 41 heavy (non-hydrogen) atoms. The quantitative estimate of drug-likeness (QED) is 0.147. The molecule has 0 amide bonds. The largest absolute Gasteiger partial charge is 0.463 e. The van der Waals surface area contributed by atoms with Crippen LogP contribution in [0.2, 0.25) is 0 Å². The van der Waals surface area contributed by atoms with Crippen LogP contribution in [0, 0.1) is 40.4 Å². The van der Waals surface area contributed by atoms with Gasteiger partial charge in [-0.3, -0.25) is 9.59 Å². The van der Waals surface area contributed by atoms with Crippen LogP contribution < -0.4 is 0 Å². The van der Waals surface area contributed by atoms with E-state index in [1.165, 1.54) is 89.9 Å². The normalized spacial score (nSPS) is 35.2. The molecule has 5 heteroatoms. The summed E-state index contributed by atoms with van der Waals surface area (Å²) in [5.74, 6) is 3.92. The first-order valence-electron chi connectivity index (χ1n) is 17.8. The lowest BCUT2D eigenvalue weighted by Crippen LogP contribution is -2.52. The Bertz CT molecular complexity index is 827. The molecule has 0 aromatic carbocycles. The van der Waals surface area contributed by atoms with Crippen molar-refractivity contribution in [2.45, 2.75) is 162 Å². The Labute approximate surface area is 251 Å². The Hall–Kier alpha value is -1.10. The lowest BCUT2D eigenvalue weighted by atomic mass is 9.45. The molecule has 4 saturated carbocycles. The Balaban J connectivity index is 1.09. The lowest BCUT2D eigenvalue weighted by Gasteiger charge is -2.60. The van der Waals surface area contributed by atoms with Crippen LogP contribution >= 0.6 is 0 Å². The van der Waals surface area contributed by atoms with Gasteiger partial charge in [0.1, 0.15) is 19.3 Å². The Morgan fingerprint density at radius 1 is 0.732 bits per heavy atom. The first-order valence-corrected chi connectivity index (χ1v) is 17.8. The summed E-state index contributed by atoms with van der Waals surface area (Å²) in [6, 6.07) is 0. The first kappa shape index (κ1) is 32.8. The van der Waals surface area contributed by atoms with Gasteiger partial charge in [0.15, 0.2) is 0 Å². The zero-order valence-electron chi connectivity index (χ0n) is 26.8. The van der Waals surface area contributed by atoms with Crippen molar-refractivity contribution in [2.24, 2.45) is 40.4 Å². The predicted molar refractivity (Wildman–Crippen MR) is 164 cm³/mol. The van der Waals surface area contributed by atoms with Gasteiger partial charge >= 0.3 is 11.9 Å². The number of unbranched alkanes of at least 4 members (excludes halogenated alkanes) is 6. The van der Waals surface area contributed by atoms with Gasteiger partial charge in [0, 0.05) is 12.8 Å². The minimum absolute atomic E-state index is 0.102. The summed E-state index contributed by atoms with van der Waals surface area (Å²) in [7, 11) is 0. The molecule has 0 saturated heterocycles.